The summed E-state index contributed by atoms with van der Waals surface area (Å²) >= 11 is 1.73. The van der Waals surface area contributed by atoms with Crippen LogP contribution in [-0.2, 0) is 13.0 Å². The van der Waals surface area contributed by atoms with E-state index in [1.165, 1.54) is 37.1 Å². The molecule has 0 amide bonds. The summed E-state index contributed by atoms with van der Waals surface area (Å²) in [5.74, 6) is 1.87. The summed E-state index contributed by atoms with van der Waals surface area (Å²) in [5, 5.41) is 10.3. The van der Waals surface area contributed by atoms with Gasteiger partial charge in [0, 0.05) is 18.0 Å². The molecule has 0 aromatic carbocycles. The lowest BCUT2D eigenvalue weighted by Gasteiger charge is -2.29. The molecule has 1 aromatic heterocycles. The first kappa shape index (κ1) is 20.7. The lowest BCUT2D eigenvalue weighted by molar-refractivity contribution is 0.304. The average Bonchev–Trinajstić information content (AvgIpc) is 3.01. The molecule has 1 aliphatic carbocycles. The molecule has 1 saturated carbocycles. The molecule has 0 radical (unpaired) electrons. The highest BCUT2D eigenvalue weighted by molar-refractivity contribution is 14.0. The van der Waals surface area contributed by atoms with Crippen molar-refractivity contribution in [2.75, 3.05) is 6.54 Å². The van der Waals surface area contributed by atoms with Crippen LogP contribution in [0.4, 0.5) is 0 Å². The zero-order valence-corrected chi connectivity index (χ0v) is 17.7. The molecule has 0 bridgehead atoms. The molecule has 0 saturated heterocycles. The van der Waals surface area contributed by atoms with Gasteiger partial charge in [0.15, 0.2) is 5.96 Å². The Labute approximate surface area is 162 Å². The Morgan fingerprint density at radius 1 is 1.26 bits per heavy atom. The van der Waals surface area contributed by atoms with Gasteiger partial charge in [0.25, 0.3) is 0 Å². The molecule has 2 N–H and O–H groups in total. The molecular formula is C17H31IN4S. The van der Waals surface area contributed by atoms with Crippen LogP contribution in [0.25, 0.3) is 0 Å². The monoisotopic (exact) mass is 450 g/mol. The molecule has 2 rings (SSSR count). The Morgan fingerprint density at radius 3 is 2.57 bits per heavy atom. The van der Waals surface area contributed by atoms with Crippen LogP contribution in [0.3, 0.4) is 0 Å². The van der Waals surface area contributed by atoms with Gasteiger partial charge in [-0.2, -0.15) is 0 Å². The summed E-state index contributed by atoms with van der Waals surface area (Å²) in [7, 11) is 0. The van der Waals surface area contributed by atoms with E-state index in [4.69, 9.17) is 4.99 Å². The van der Waals surface area contributed by atoms with E-state index in [1.54, 1.807) is 11.3 Å². The topological polar surface area (TPSA) is 49.3 Å². The number of rotatable bonds is 6. The van der Waals surface area contributed by atoms with Crippen LogP contribution in [0.1, 0.15) is 63.6 Å². The van der Waals surface area contributed by atoms with Crippen molar-refractivity contribution in [3.05, 3.63) is 16.1 Å². The van der Waals surface area contributed by atoms with E-state index in [9.17, 15) is 0 Å². The average molecular weight is 450 g/mol. The maximum absolute atomic E-state index is 4.70. The number of hydrogen-bond donors (Lipinski definition) is 2. The predicted octanol–water partition coefficient (Wildman–Crippen LogP) is 4.35. The Hall–Kier alpha value is -0.370. The summed E-state index contributed by atoms with van der Waals surface area (Å²) in [6.07, 6.45) is 7.55. The Bertz CT molecular complexity index is 467. The van der Waals surface area contributed by atoms with E-state index in [2.05, 4.69) is 41.8 Å². The second-order valence-electron chi connectivity index (χ2n) is 6.05. The molecule has 1 aromatic rings. The van der Waals surface area contributed by atoms with Crippen molar-refractivity contribution in [2.45, 2.75) is 71.9 Å². The number of nitrogens with zero attached hydrogens (tertiary/aromatic N) is 2. The Kier molecular flexibility index (Phi) is 10.1. The summed E-state index contributed by atoms with van der Waals surface area (Å²) in [6, 6.07) is 0.572. The minimum atomic E-state index is 0. The smallest absolute Gasteiger partial charge is 0.191 e. The van der Waals surface area contributed by atoms with Gasteiger partial charge < -0.3 is 10.6 Å². The minimum Gasteiger partial charge on any atom is -0.357 e. The van der Waals surface area contributed by atoms with E-state index in [0.717, 1.165) is 30.5 Å². The number of hydrogen-bond acceptors (Lipinski definition) is 3. The van der Waals surface area contributed by atoms with Gasteiger partial charge >= 0.3 is 0 Å². The van der Waals surface area contributed by atoms with Crippen molar-refractivity contribution < 1.29 is 0 Å². The first-order chi connectivity index (χ1) is 10.7. The van der Waals surface area contributed by atoms with Crippen LogP contribution in [0.5, 0.6) is 0 Å². The van der Waals surface area contributed by atoms with E-state index < -0.39 is 0 Å². The molecule has 4 nitrogen and oxygen atoms in total. The molecule has 0 unspecified atom stereocenters. The zero-order chi connectivity index (χ0) is 15.8. The summed E-state index contributed by atoms with van der Waals surface area (Å²) < 4.78 is 0. The largest absolute Gasteiger partial charge is 0.357 e. The van der Waals surface area contributed by atoms with Gasteiger partial charge in [0.05, 0.1) is 17.2 Å². The van der Waals surface area contributed by atoms with Gasteiger partial charge in [-0.05, 0) is 44.9 Å². The van der Waals surface area contributed by atoms with Crippen molar-refractivity contribution in [1.82, 2.24) is 15.6 Å². The van der Waals surface area contributed by atoms with Crippen LogP contribution in [-0.4, -0.2) is 23.5 Å². The molecule has 1 heterocycles. The van der Waals surface area contributed by atoms with Crippen LogP contribution < -0.4 is 10.6 Å². The summed E-state index contributed by atoms with van der Waals surface area (Å²) in [5.41, 5.74) is 1.08. The number of aryl methyl sites for hydroxylation is 1. The van der Waals surface area contributed by atoms with E-state index in [1.807, 2.05) is 0 Å². The van der Waals surface area contributed by atoms with Gasteiger partial charge in [0.1, 0.15) is 0 Å². The van der Waals surface area contributed by atoms with Crippen molar-refractivity contribution in [2.24, 2.45) is 10.9 Å². The quantitative estimate of drug-likeness (QED) is 0.385. The first-order valence-corrected chi connectivity index (χ1v) is 9.61. The number of halogens is 1. The third-order valence-corrected chi connectivity index (χ3v) is 5.45. The van der Waals surface area contributed by atoms with Gasteiger partial charge in [-0.3, -0.25) is 0 Å². The van der Waals surface area contributed by atoms with Crippen LogP contribution in [0.15, 0.2) is 10.4 Å². The number of aromatic nitrogens is 1. The molecule has 6 heteroatoms. The van der Waals surface area contributed by atoms with Crippen LogP contribution >= 0.6 is 35.3 Å². The molecule has 23 heavy (non-hydrogen) atoms. The molecule has 0 spiro atoms. The van der Waals surface area contributed by atoms with Crippen LogP contribution in [0, 0.1) is 5.92 Å². The van der Waals surface area contributed by atoms with Gasteiger partial charge in [-0.25, -0.2) is 9.98 Å². The second kappa shape index (κ2) is 11.2. The standard InChI is InChI=1S/C17H30N4S.HI/c1-4-13-7-9-14(10-8-13)21-17(18-6-3)19-11-15-12-22-16(5-2)20-15;/h12-14H,4-11H2,1-3H3,(H2,18,19,21);1H. The fraction of sp³-hybridized carbons (Fsp3) is 0.765. The fourth-order valence-electron chi connectivity index (χ4n) is 2.97. The molecule has 0 atom stereocenters. The Balaban J connectivity index is 0.00000264. The number of nitrogens with one attached hydrogen (secondary N) is 2. The van der Waals surface area contributed by atoms with Gasteiger partial charge in [-0.1, -0.05) is 20.3 Å². The lowest BCUT2D eigenvalue weighted by atomic mass is 9.84. The van der Waals surface area contributed by atoms with Crippen molar-refractivity contribution in [3.8, 4) is 0 Å². The van der Waals surface area contributed by atoms with Crippen molar-refractivity contribution in [1.29, 1.82) is 0 Å². The maximum atomic E-state index is 4.70. The predicted molar refractivity (Wildman–Crippen MR) is 111 cm³/mol. The van der Waals surface area contributed by atoms with Crippen molar-refractivity contribution in [3.63, 3.8) is 0 Å². The van der Waals surface area contributed by atoms with E-state index in [0.29, 0.717) is 12.6 Å². The summed E-state index contributed by atoms with van der Waals surface area (Å²) in [4.78, 5) is 9.29. The number of guanidine groups is 1. The Morgan fingerprint density at radius 2 is 2.00 bits per heavy atom. The molecule has 1 aliphatic rings. The number of aliphatic imine (C=N–C) groups is 1. The minimum absolute atomic E-state index is 0. The lowest BCUT2D eigenvalue weighted by Crippen LogP contribution is -2.44. The van der Waals surface area contributed by atoms with E-state index in [-0.39, 0.29) is 24.0 Å². The molecular weight excluding hydrogens is 419 g/mol. The first-order valence-electron chi connectivity index (χ1n) is 8.73. The molecule has 132 valence electrons. The second-order valence-corrected chi connectivity index (χ2v) is 6.99. The number of thiazole rings is 1. The highest BCUT2D eigenvalue weighted by Gasteiger charge is 2.20. The highest BCUT2D eigenvalue weighted by atomic mass is 127. The summed E-state index contributed by atoms with van der Waals surface area (Å²) in [6.45, 7) is 8.12. The van der Waals surface area contributed by atoms with Gasteiger partial charge in [0.2, 0.25) is 0 Å². The van der Waals surface area contributed by atoms with E-state index >= 15 is 0 Å². The normalized spacial score (nSPS) is 21.6. The third kappa shape index (κ3) is 6.95. The zero-order valence-electron chi connectivity index (χ0n) is 14.6. The highest BCUT2D eigenvalue weighted by Crippen LogP contribution is 2.26. The van der Waals surface area contributed by atoms with Crippen LogP contribution in [0.2, 0.25) is 0 Å². The maximum Gasteiger partial charge on any atom is 0.191 e. The van der Waals surface area contributed by atoms with Crippen molar-refractivity contribution >= 4 is 41.3 Å². The SMILES string of the molecule is CCNC(=NCc1csc(CC)n1)NC1CCC(CC)CC1.I. The fourth-order valence-corrected chi connectivity index (χ4v) is 3.71. The molecule has 1 fully saturated rings. The third-order valence-electron chi connectivity index (χ3n) is 4.41. The van der Waals surface area contributed by atoms with Gasteiger partial charge in [-0.15, -0.1) is 35.3 Å². The molecule has 0 aliphatic heterocycles.